The van der Waals surface area contributed by atoms with Crippen molar-refractivity contribution in [3.63, 3.8) is 0 Å². The number of hydrogen-bond donors (Lipinski definition) is 2. The molecule has 0 aliphatic carbocycles. The van der Waals surface area contributed by atoms with Crippen molar-refractivity contribution in [1.82, 2.24) is 5.32 Å². The molecule has 1 atom stereocenters. The van der Waals surface area contributed by atoms with E-state index in [0.29, 0.717) is 19.5 Å². The van der Waals surface area contributed by atoms with Crippen LogP contribution in [0.4, 0.5) is 5.69 Å². The molecule has 2 N–H and O–H groups in total. The zero-order valence-corrected chi connectivity index (χ0v) is 12.2. The van der Waals surface area contributed by atoms with Crippen molar-refractivity contribution in [2.75, 3.05) is 6.54 Å². The number of rotatable bonds is 8. The second-order valence-electron chi connectivity index (χ2n) is 5.05. The molecule has 1 unspecified atom stereocenters. The van der Waals surface area contributed by atoms with Gasteiger partial charge >= 0.3 is 0 Å². The Labute approximate surface area is 129 Å². The Balaban J connectivity index is 1.71. The number of nitro benzene ring substituents is 1. The van der Waals surface area contributed by atoms with Crippen LogP contribution in [-0.4, -0.2) is 22.7 Å². The van der Waals surface area contributed by atoms with Gasteiger partial charge in [-0.15, -0.1) is 0 Å². The molecule has 5 heteroatoms. The zero-order chi connectivity index (χ0) is 15.8. The SMILES string of the molecule is O=[N+]([O-])c1cccc(CNCC(O)[CH]Cc2ccccc2)c1. The van der Waals surface area contributed by atoms with Gasteiger partial charge in [0.1, 0.15) is 0 Å². The van der Waals surface area contributed by atoms with Gasteiger partial charge in [-0.3, -0.25) is 10.1 Å². The molecule has 0 aliphatic rings. The molecule has 2 aromatic rings. The fraction of sp³-hybridized carbons (Fsp3) is 0.235. The van der Waals surface area contributed by atoms with E-state index in [1.807, 2.05) is 42.8 Å². The Morgan fingerprint density at radius 3 is 2.59 bits per heavy atom. The smallest absolute Gasteiger partial charge is 0.269 e. The van der Waals surface area contributed by atoms with Gasteiger partial charge in [-0.25, -0.2) is 0 Å². The lowest BCUT2D eigenvalue weighted by molar-refractivity contribution is -0.384. The predicted octanol–water partition coefficient (Wildman–Crippen LogP) is 2.49. The minimum absolute atomic E-state index is 0.0792. The maximum Gasteiger partial charge on any atom is 0.269 e. The maximum atomic E-state index is 10.7. The topological polar surface area (TPSA) is 75.4 Å². The van der Waals surface area contributed by atoms with Gasteiger partial charge in [0.15, 0.2) is 0 Å². The van der Waals surface area contributed by atoms with Crippen molar-refractivity contribution in [3.05, 3.63) is 82.3 Å². The number of nitrogens with one attached hydrogen (secondary N) is 1. The van der Waals surface area contributed by atoms with Crippen LogP contribution in [0.15, 0.2) is 54.6 Å². The van der Waals surface area contributed by atoms with E-state index in [1.165, 1.54) is 12.1 Å². The summed E-state index contributed by atoms with van der Waals surface area (Å²) in [5, 5.41) is 23.7. The van der Waals surface area contributed by atoms with E-state index in [0.717, 1.165) is 11.1 Å². The van der Waals surface area contributed by atoms with Gasteiger partial charge < -0.3 is 10.4 Å². The summed E-state index contributed by atoms with van der Waals surface area (Å²) in [4.78, 5) is 10.3. The molecule has 22 heavy (non-hydrogen) atoms. The predicted molar refractivity (Wildman–Crippen MR) is 85.3 cm³/mol. The summed E-state index contributed by atoms with van der Waals surface area (Å²) >= 11 is 0. The molecule has 115 valence electrons. The Morgan fingerprint density at radius 1 is 1.14 bits per heavy atom. The van der Waals surface area contributed by atoms with Crippen LogP contribution in [0.25, 0.3) is 0 Å². The monoisotopic (exact) mass is 299 g/mol. The highest BCUT2D eigenvalue weighted by molar-refractivity contribution is 5.34. The van der Waals surface area contributed by atoms with Gasteiger partial charge in [-0.05, 0) is 24.0 Å². The van der Waals surface area contributed by atoms with Gasteiger partial charge in [0.2, 0.25) is 0 Å². The van der Waals surface area contributed by atoms with Crippen LogP contribution >= 0.6 is 0 Å². The molecule has 0 fully saturated rings. The van der Waals surface area contributed by atoms with Crippen molar-refractivity contribution in [3.8, 4) is 0 Å². The van der Waals surface area contributed by atoms with Gasteiger partial charge in [0.25, 0.3) is 5.69 Å². The second-order valence-corrected chi connectivity index (χ2v) is 5.05. The van der Waals surface area contributed by atoms with Crippen molar-refractivity contribution in [2.45, 2.75) is 19.1 Å². The molecule has 0 aromatic heterocycles. The lowest BCUT2D eigenvalue weighted by Gasteiger charge is -2.11. The van der Waals surface area contributed by atoms with Crippen LogP contribution in [0.2, 0.25) is 0 Å². The first-order chi connectivity index (χ1) is 10.6. The lowest BCUT2D eigenvalue weighted by Crippen LogP contribution is -2.27. The van der Waals surface area contributed by atoms with Gasteiger partial charge in [0, 0.05) is 25.2 Å². The molecule has 2 aromatic carbocycles. The summed E-state index contributed by atoms with van der Waals surface area (Å²) in [7, 11) is 0. The van der Waals surface area contributed by atoms with Crippen LogP contribution in [0.3, 0.4) is 0 Å². The van der Waals surface area contributed by atoms with Crippen LogP contribution < -0.4 is 5.32 Å². The fourth-order valence-corrected chi connectivity index (χ4v) is 2.11. The normalized spacial score (nSPS) is 12.0. The lowest BCUT2D eigenvalue weighted by atomic mass is 10.1. The van der Waals surface area contributed by atoms with E-state index in [9.17, 15) is 15.2 Å². The van der Waals surface area contributed by atoms with Crippen LogP contribution in [0.5, 0.6) is 0 Å². The van der Waals surface area contributed by atoms with E-state index < -0.39 is 11.0 Å². The first-order valence-corrected chi connectivity index (χ1v) is 7.14. The molecular weight excluding hydrogens is 280 g/mol. The van der Waals surface area contributed by atoms with Crippen LogP contribution in [0, 0.1) is 16.5 Å². The molecule has 0 amide bonds. The molecule has 5 nitrogen and oxygen atoms in total. The van der Waals surface area contributed by atoms with E-state index in [-0.39, 0.29) is 5.69 Å². The van der Waals surface area contributed by atoms with Gasteiger partial charge in [-0.1, -0.05) is 42.5 Å². The third kappa shape index (κ3) is 5.27. The highest BCUT2D eigenvalue weighted by Crippen LogP contribution is 2.12. The maximum absolute atomic E-state index is 10.7. The minimum Gasteiger partial charge on any atom is -0.391 e. The second kappa shape index (κ2) is 8.26. The number of non-ortho nitro benzene ring substituents is 1. The number of hydrogen-bond acceptors (Lipinski definition) is 4. The number of aliphatic hydroxyl groups is 1. The molecule has 0 bridgehead atoms. The third-order valence-electron chi connectivity index (χ3n) is 3.27. The van der Waals surface area contributed by atoms with Crippen molar-refractivity contribution >= 4 is 5.69 Å². The van der Waals surface area contributed by atoms with E-state index in [4.69, 9.17) is 0 Å². The average molecular weight is 299 g/mol. The third-order valence-corrected chi connectivity index (χ3v) is 3.27. The summed E-state index contributed by atoms with van der Waals surface area (Å²) < 4.78 is 0. The van der Waals surface area contributed by atoms with Crippen molar-refractivity contribution < 1.29 is 10.0 Å². The molecule has 0 aliphatic heterocycles. The highest BCUT2D eigenvalue weighted by Gasteiger charge is 2.07. The van der Waals surface area contributed by atoms with Crippen LogP contribution in [0.1, 0.15) is 11.1 Å². The molecule has 0 spiro atoms. The number of aliphatic hydroxyl groups excluding tert-OH is 1. The Bertz CT molecular complexity index is 602. The first-order valence-electron chi connectivity index (χ1n) is 7.14. The molecule has 1 radical (unpaired) electrons. The molecule has 2 rings (SSSR count). The minimum atomic E-state index is -0.557. The summed E-state index contributed by atoms with van der Waals surface area (Å²) in [6.45, 7) is 0.896. The molecule has 0 saturated carbocycles. The number of benzene rings is 2. The summed E-state index contributed by atoms with van der Waals surface area (Å²) in [5.74, 6) is 0. The first kappa shape index (κ1) is 16.1. The molecular formula is C17H19N2O3. The summed E-state index contributed by atoms with van der Waals surface area (Å²) in [6, 6.07) is 16.4. The van der Waals surface area contributed by atoms with Crippen molar-refractivity contribution in [1.29, 1.82) is 0 Å². The quantitative estimate of drug-likeness (QED) is 0.580. The van der Waals surface area contributed by atoms with Crippen LogP contribution in [-0.2, 0) is 13.0 Å². The largest absolute Gasteiger partial charge is 0.391 e. The highest BCUT2D eigenvalue weighted by atomic mass is 16.6. The van der Waals surface area contributed by atoms with E-state index in [1.54, 1.807) is 6.07 Å². The molecule has 0 saturated heterocycles. The fourth-order valence-electron chi connectivity index (χ4n) is 2.11. The zero-order valence-electron chi connectivity index (χ0n) is 12.2. The summed E-state index contributed by atoms with van der Waals surface area (Å²) in [5.41, 5.74) is 2.06. The Kier molecular flexibility index (Phi) is 6.06. The molecule has 0 heterocycles. The van der Waals surface area contributed by atoms with Crippen molar-refractivity contribution in [2.24, 2.45) is 0 Å². The Morgan fingerprint density at radius 2 is 1.86 bits per heavy atom. The van der Waals surface area contributed by atoms with E-state index >= 15 is 0 Å². The summed E-state index contributed by atoms with van der Waals surface area (Å²) in [6.07, 6.45) is 2.00. The van der Waals surface area contributed by atoms with Gasteiger partial charge in [-0.2, -0.15) is 0 Å². The average Bonchev–Trinajstić information content (AvgIpc) is 2.54. The number of nitro groups is 1. The Hall–Kier alpha value is -2.24. The van der Waals surface area contributed by atoms with E-state index in [2.05, 4.69) is 5.32 Å². The number of nitrogens with zero attached hydrogens (tertiary/aromatic N) is 1. The van der Waals surface area contributed by atoms with Gasteiger partial charge in [0.05, 0.1) is 11.0 Å². The standard InChI is InChI=1S/C17H19N2O3/c20-17(10-9-14-5-2-1-3-6-14)13-18-12-15-7-4-8-16(11-15)19(21)22/h1-8,10-11,17-18,20H,9,12-13H2.